The fourth-order valence-electron chi connectivity index (χ4n) is 2.24. The summed E-state index contributed by atoms with van der Waals surface area (Å²) in [5, 5.41) is 2.82. The predicted octanol–water partition coefficient (Wildman–Crippen LogP) is 2.11. The van der Waals surface area contributed by atoms with Crippen molar-refractivity contribution in [3.63, 3.8) is 0 Å². The molecule has 0 spiro atoms. The minimum absolute atomic E-state index is 0.00691. The Kier molecular flexibility index (Phi) is 5.08. The van der Waals surface area contributed by atoms with Gasteiger partial charge in [-0.1, -0.05) is 0 Å². The molecule has 1 aliphatic heterocycles. The van der Waals surface area contributed by atoms with Crippen molar-refractivity contribution in [3.8, 4) is 0 Å². The van der Waals surface area contributed by atoms with Gasteiger partial charge in [0, 0.05) is 11.3 Å². The summed E-state index contributed by atoms with van der Waals surface area (Å²) in [6.07, 6.45) is 0. The first-order chi connectivity index (χ1) is 10.5. The Bertz CT molecular complexity index is 714. The van der Waals surface area contributed by atoms with Crippen molar-refractivity contribution < 1.29 is 17.6 Å². The predicted molar refractivity (Wildman–Crippen MR) is 89.2 cm³/mol. The van der Waals surface area contributed by atoms with E-state index in [9.17, 15) is 17.6 Å². The molecule has 0 radical (unpaired) electrons. The van der Waals surface area contributed by atoms with E-state index in [1.165, 1.54) is 35.1 Å². The van der Waals surface area contributed by atoms with Crippen molar-refractivity contribution in [1.82, 2.24) is 9.62 Å². The normalized spacial score (nSPS) is 19.8. The Morgan fingerprint density at radius 2 is 2.04 bits per heavy atom. The van der Waals surface area contributed by atoms with E-state index in [0.29, 0.717) is 5.75 Å². The molecular weight excluding hydrogens is 339 g/mol. The number of nitrogens with one attached hydrogen (secondary N) is 1. The summed E-state index contributed by atoms with van der Waals surface area (Å²) < 4.78 is 40.1. The second kappa shape index (κ2) is 6.41. The lowest BCUT2D eigenvalue weighted by atomic mass is 10.1. The molecule has 1 unspecified atom stereocenters. The zero-order valence-electron chi connectivity index (χ0n) is 13.6. The number of hydrogen-bond acceptors (Lipinski definition) is 4. The highest BCUT2D eigenvalue weighted by Crippen LogP contribution is 2.29. The van der Waals surface area contributed by atoms with E-state index >= 15 is 0 Å². The van der Waals surface area contributed by atoms with Crippen LogP contribution >= 0.6 is 11.8 Å². The average Bonchev–Trinajstić information content (AvgIpc) is 2.90. The van der Waals surface area contributed by atoms with Crippen LogP contribution in [0.25, 0.3) is 0 Å². The highest BCUT2D eigenvalue weighted by atomic mass is 32.2. The third kappa shape index (κ3) is 4.05. The number of benzene rings is 1. The summed E-state index contributed by atoms with van der Waals surface area (Å²) in [5.41, 5.74) is -0.180. The van der Waals surface area contributed by atoms with Crippen molar-refractivity contribution in [2.45, 2.75) is 44.2 Å². The van der Waals surface area contributed by atoms with Crippen LogP contribution in [0.3, 0.4) is 0 Å². The molecule has 1 saturated heterocycles. The number of thioether (sulfide) groups is 1. The highest BCUT2D eigenvalue weighted by Gasteiger charge is 2.40. The van der Waals surface area contributed by atoms with Crippen LogP contribution in [-0.2, 0) is 14.8 Å². The standard InChI is InChI=1S/C15H21FN2O3S2/c1-10-7-11(5-6-12(10)16)23(20,21)18-9-22-8-13(18)14(19)17-15(2,3)4/h5-7,13H,8-9H2,1-4H3,(H,17,19). The minimum Gasteiger partial charge on any atom is -0.350 e. The van der Waals surface area contributed by atoms with Crippen molar-refractivity contribution in [3.05, 3.63) is 29.6 Å². The Morgan fingerprint density at radius 1 is 1.39 bits per heavy atom. The lowest BCUT2D eigenvalue weighted by Gasteiger charge is -2.27. The van der Waals surface area contributed by atoms with Crippen LogP contribution in [0.2, 0.25) is 0 Å². The number of aryl methyl sites for hydroxylation is 1. The first kappa shape index (κ1) is 18.2. The van der Waals surface area contributed by atoms with E-state index < -0.39 is 27.4 Å². The second-order valence-electron chi connectivity index (χ2n) is 6.56. The van der Waals surface area contributed by atoms with Gasteiger partial charge in [0.1, 0.15) is 11.9 Å². The van der Waals surface area contributed by atoms with Gasteiger partial charge in [-0.25, -0.2) is 12.8 Å². The number of nitrogens with zero attached hydrogens (tertiary/aromatic N) is 1. The number of sulfonamides is 1. The molecule has 0 saturated carbocycles. The molecule has 1 aromatic rings. The number of rotatable bonds is 3. The van der Waals surface area contributed by atoms with Crippen molar-refractivity contribution in [2.24, 2.45) is 0 Å². The Labute approximate surface area is 140 Å². The molecule has 0 aromatic heterocycles. The van der Waals surface area contributed by atoms with E-state index in [-0.39, 0.29) is 22.2 Å². The average molecular weight is 360 g/mol. The molecule has 1 amide bonds. The maximum absolute atomic E-state index is 13.4. The van der Waals surface area contributed by atoms with Crippen LogP contribution in [-0.4, -0.2) is 41.8 Å². The van der Waals surface area contributed by atoms with Gasteiger partial charge in [0.05, 0.1) is 10.8 Å². The van der Waals surface area contributed by atoms with E-state index in [2.05, 4.69) is 5.32 Å². The summed E-state index contributed by atoms with van der Waals surface area (Å²) in [4.78, 5) is 12.4. The Morgan fingerprint density at radius 3 is 2.61 bits per heavy atom. The molecule has 23 heavy (non-hydrogen) atoms. The monoisotopic (exact) mass is 360 g/mol. The maximum Gasteiger partial charge on any atom is 0.244 e. The lowest BCUT2D eigenvalue weighted by Crippen LogP contribution is -2.52. The van der Waals surface area contributed by atoms with Crippen LogP contribution in [0.5, 0.6) is 0 Å². The number of hydrogen-bond donors (Lipinski definition) is 1. The highest BCUT2D eigenvalue weighted by molar-refractivity contribution is 8.00. The van der Waals surface area contributed by atoms with Crippen LogP contribution in [0, 0.1) is 12.7 Å². The number of halogens is 1. The van der Waals surface area contributed by atoms with E-state index in [1.54, 1.807) is 0 Å². The summed E-state index contributed by atoms with van der Waals surface area (Å²) in [6, 6.07) is 2.91. The van der Waals surface area contributed by atoms with Crippen molar-refractivity contribution in [2.75, 3.05) is 11.6 Å². The van der Waals surface area contributed by atoms with Gasteiger partial charge in [-0.15, -0.1) is 11.8 Å². The number of carbonyl (C=O) groups excluding carboxylic acids is 1. The van der Waals surface area contributed by atoms with Crippen LogP contribution < -0.4 is 5.32 Å². The molecule has 5 nitrogen and oxygen atoms in total. The second-order valence-corrected chi connectivity index (χ2v) is 9.45. The molecule has 1 aliphatic rings. The molecule has 1 fully saturated rings. The van der Waals surface area contributed by atoms with Gasteiger partial charge in [-0.05, 0) is 51.5 Å². The molecule has 0 aliphatic carbocycles. The molecule has 2 rings (SSSR count). The molecule has 1 heterocycles. The Hall–Kier alpha value is -1.12. The molecule has 128 valence electrons. The van der Waals surface area contributed by atoms with E-state index in [0.717, 1.165) is 6.07 Å². The summed E-state index contributed by atoms with van der Waals surface area (Å²) in [5.74, 6) is -0.158. The molecule has 1 aromatic carbocycles. The molecule has 8 heteroatoms. The zero-order chi connectivity index (χ0) is 17.4. The fraction of sp³-hybridized carbons (Fsp3) is 0.533. The van der Waals surface area contributed by atoms with Crippen molar-refractivity contribution in [1.29, 1.82) is 0 Å². The van der Waals surface area contributed by atoms with E-state index in [4.69, 9.17) is 0 Å². The minimum atomic E-state index is -3.84. The zero-order valence-corrected chi connectivity index (χ0v) is 15.2. The summed E-state index contributed by atoms with van der Waals surface area (Å²) in [7, 11) is -3.84. The Balaban J connectivity index is 2.31. The fourth-order valence-corrected chi connectivity index (χ4v) is 5.47. The number of amides is 1. The molecular formula is C15H21FN2O3S2. The van der Waals surface area contributed by atoms with Gasteiger partial charge in [-0.3, -0.25) is 4.79 Å². The van der Waals surface area contributed by atoms with Gasteiger partial charge in [0.25, 0.3) is 0 Å². The van der Waals surface area contributed by atoms with Crippen LogP contribution in [0.15, 0.2) is 23.1 Å². The molecule has 0 bridgehead atoms. The van der Waals surface area contributed by atoms with E-state index in [1.807, 2.05) is 20.8 Å². The molecule has 1 atom stereocenters. The summed E-state index contributed by atoms with van der Waals surface area (Å²) in [6.45, 7) is 7.04. The molecule has 1 N–H and O–H groups in total. The third-order valence-corrected chi connectivity index (χ3v) is 6.41. The third-order valence-electron chi connectivity index (χ3n) is 3.38. The van der Waals surface area contributed by atoms with Gasteiger partial charge < -0.3 is 5.32 Å². The quantitative estimate of drug-likeness (QED) is 0.897. The topological polar surface area (TPSA) is 66.5 Å². The lowest BCUT2D eigenvalue weighted by molar-refractivity contribution is -0.125. The van der Waals surface area contributed by atoms with Gasteiger partial charge in [0.2, 0.25) is 15.9 Å². The van der Waals surface area contributed by atoms with Gasteiger partial charge >= 0.3 is 0 Å². The maximum atomic E-state index is 13.4. The largest absolute Gasteiger partial charge is 0.350 e. The van der Waals surface area contributed by atoms with Crippen molar-refractivity contribution >= 4 is 27.7 Å². The van der Waals surface area contributed by atoms with Gasteiger partial charge in [-0.2, -0.15) is 4.31 Å². The first-order valence-corrected chi connectivity index (χ1v) is 9.79. The van der Waals surface area contributed by atoms with Gasteiger partial charge in [0.15, 0.2) is 0 Å². The SMILES string of the molecule is Cc1cc(S(=O)(=O)N2CSCC2C(=O)NC(C)(C)C)ccc1F. The van der Waals surface area contributed by atoms with Crippen LogP contribution in [0.1, 0.15) is 26.3 Å². The van der Waals surface area contributed by atoms with Crippen LogP contribution in [0.4, 0.5) is 4.39 Å². The number of carbonyl (C=O) groups is 1. The smallest absolute Gasteiger partial charge is 0.244 e. The summed E-state index contributed by atoms with van der Waals surface area (Å²) >= 11 is 1.39. The first-order valence-electron chi connectivity index (χ1n) is 7.20.